The monoisotopic (exact) mass is 345 g/mol. The number of rotatable bonds is 6. The van der Waals surface area contributed by atoms with Crippen molar-refractivity contribution in [2.75, 3.05) is 17.2 Å². The molecule has 4 rings (SSSR count). The molecule has 0 saturated heterocycles. The number of pyridine rings is 1. The van der Waals surface area contributed by atoms with Crippen molar-refractivity contribution in [3.05, 3.63) is 60.6 Å². The predicted molar refractivity (Wildman–Crippen MR) is 107 cm³/mol. The van der Waals surface area contributed by atoms with Crippen LogP contribution in [0.25, 0.3) is 10.9 Å². The fraction of sp³-hybridized carbons (Fsp3) is 0.286. The zero-order valence-electron chi connectivity index (χ0n) is 14.8. The molecule has 0 saturated carbocycles. The highest BCUT2D eigenvalue weighted by Gasteiger charge is 2.06. The van der Waals surface area contributed by atoms with Crippen molar-refractivity contribution in [2.45, 2.75) is 32.1 Å². The highest BCUT2D eigenvalue weighted by atomic mass is 15.1. The molecule has 1 aromatic carbocycles. The number of fused-ring (bicyclic) bond motifs is 1. The van der Waals surface area contributed by atoms with Gasteiger partial charge in [0.15, 0.2) is 0 Å². The van der Waals surface area contributed by atoms with Crippen LogP contribution in [0.2, 0.25) is 0 Å². The van der Waals surface area contributed by atoms with Crippen LogP contribution in [0.15, 0.2) is 60.6 Å². The molecule has 1 aliphatic carbocycles. The molecule has 2 N–H and O–H groups in total. The van der Waals surface area contributed by atoms with Gasteiger partial charge < -0.3 is 10.6 Å². The van der Waals surface area contributed by atoms with E-state index in [2.05, 4.69) is 43.8 Å². The van der Waals surface area contributed by atoms with Gasteiger partial charge >= 0.3 is 0 Å². The van der Waals surface area contributed by atoms with Crippen LogP contribution in [-0.2, 0) is 0 Å². The van der Waals surface area contributed by atoms with Crippen molar-refractivity contribution in [1.82, 2.24) is 15.0 Å². The Hall–Kier alpha value is -2.95. The van der Waals surface area contributed by atoms with Crippen molar-refractivity contribution in [3.8, 4) is 0 Å². The molecule has 2 heterocycles. The smallest absolute Gasteiger partial charge is 0.135 e. The molecule has 0 bridgehead atoms. The lowest BCUT2D eigenvalue weighted by Crippen LogP contribution is -2.06. The Kier molecular flexibility index (Phi) is 5.05. The summed E-state index contributed by atoms with van der Waals surface area (Å²) in [6, 6.07) is 12.0. The normalized spacial score (nSPS) is 14.1. The number of nitrogens with one attached hydrogen (secondary N) is 2. The molecule has 5 nitrogen and oxygen atoms in total. The number of para-hydroxylation sites is 1. The molecule has 1 aliphatic rings. The first-order valence-corrected chi connectivity index (χ1v) is 9.23. The van der Waals surface area contributed by atoms with Gasteiger partial charge in [0.1, 0.15) is 18.0 Å². The lowest BCUT2D eigenvalue weighted by atomic mass is 9.97. The third-order valence-corrected chi connectivity index (χ3v) is 4.70. The van der Waals surface area contributed by atoms with E-state index in [-0.39, 0.29) is 0 Å². The maximum atomic E-state index is 4.47. The molecular weight excluding hydrogens is 322 g/mol. The first-order valence-electron chi connectivity index (χ1n) is 9.23. The van der Waals surface area contributed by atoms with Gasteiger partial charge in [0.05, 0.1) is 11.2 Å². The van der Waals surface area contributed by atoms with E-state index >= 15 is 0 Å². The first-order chi connectivity index (χ1) is 12.9. The van der Waals surface area contributed by atoms with E-state index in [1.54, 1.807) is 18.1 Å². The molecule has 0 spiro atoms. The van der Waals surface area contributed by atoms with Gasteiger partial charge in [-0.25, -0.2) is 9.97 Å². The largest absolute Gasteiger partial charge is 0.370 e. The number of nitrogens with zero attached hydrogens (tertiary/aromatic N) is 3. The van der Waals surface area contributed by atoms with Crippen LogP contribution in [0.1, 0.15) is 32.1 Å². The van der Waals surface area contributed by atoms with Crippen LogP contribution in [0.4, 0.5) is 17.3 Å². The molecule has 2 aromatic heterocycles. The quantitative estimate of drug-likeness (QED) is 0.611. The van der Waals surface area contributed by atoms with Crippen LogP contribution in [0, 0.1) is 0 Å². The van der Waals surface area contributed by atoms with Crippen LogP contribution < -0.4 is 10.6 Å². The Balaban J connectivity index is 1.43. The van der Waals surface area contributed by atoms with Crippen molar-refractivity contribution in [2.24, 2.45) is 0 Å². The summed E-state index contributed by atoms with van der Waals surface area (Å²) in [6.45, 7) is 0.901. The van der Waals surface area contributed by atoms with Gasteiger partial charge in [-0.1, -0.05) is 29.8 Å². The number of aromatic nitrogens is 3. The highest BCUT2D eigenvalue weighted by molar-refractivity contribution is 5.91. The van der Waals surface area contributed by atoms with Crippen LogP contribution in [-0.4, -0.2) is 21.5 Å². The van der Waals surface area contributed by atoms with Gasteiger partial charge in [-0.05, 0) is 44.2 Å². The summed E-state index contributed by atoms with van der Waals surface area (Å²) in [7, 11) is 0. The van der Waals surface area contributed by atoms with Crippen LogP contribution >= 0.6 is 0 Å². The van der Waals surface area contributed by atoms with Crippen molar-refractivity contribution in [1.29, 1.82) is 0 Å². The third-order valence-electron chi connectivity index (χ3n) is 4.70. The van der Waals surface area contributed by atoms with E-state index in [0.29, 0.717) is 0 Å². The average molecular weight is 345 g/mol. The maximum Gasteiger partial charge on any atom is 0.135 e. The van der Waals surface area contributed by atoms with Gasteiger partial charge in [0.2, 0.25) is 0 Å². The predicted octanol–water partition coefficient (Wildman–Crippen LogP) is 5.07. The zero-order valence-corrected chi connectivity index (χ0v) is 14.8. The Labute approximate surface area is 153 Å². The standard InChI is InChI=1S/C21H23N5/c1-2-6-16(7-3-1)11-13-22-19-14-20(25-15-24-19)26-18-10-4-8-17-9-5-12-23-21(17)18/h4-6,8-10,12,14-15H,1-3,7,11,13H2,(H2,22,24,25,26). The van der Waals surface area contributed by atoms with E-state index in [1.165, 1.54) is 25.7 Å². The fourth-order valence-corrected chi connectivity index (χ4v) is 3.35. The summed E-state index contributed by atoms with van der Waals surface area (Å²) in [5.74, 6) is 1.60. The minimum absolute atomic E-state index is 0.762. The summed E-state index contributed by atoms with van der Waals surface area (Å²) in [4.78, 5) is 13.1. The van der Waals surface area contributed by atoms with Gasteiger partial charge in [0, 0.05) is 24.2 Å². The summed E-state index contributed by atoms with van der Waals surface area (Å²) in [6.07, 6.45) is 12.0. The second-order valence-electron chi connectivity index (χ2n) is 6.58. The lowest BCUT2D eigenvalue weighted by molar-refractivity contribution is 0.679. The van der Waals surface area contributed by atoms with Gasteiger partial charge in [-0.3, -0.25) is 4.98 Å². The maximum absolute atomic E-state index is 4.47. The Morgan fingerprint density at radius 3 is 2.81 bits per heavy atom. The molecule has 0 unspecified atom stereocenters. The van der Waals surface area contributed by atoms with E-state index in [4.69, 9.17) is 0 Å². The summed E-state index contributed by atoms with van der Waals surface area (Å²) in [5, 5.41) is 7.87. The number of anilines is 3. The second-order valence-corrected chi connectivity index (χ2v) is 6.58. The van der Waals surface area contributed by atoms with E-state index < -0.39 is 0 Å². The molecule has 0 amide bonds. The van der Waals surface area contributed by atoms with E-state index in [0.717, 1.165) is 41.2 Å². The second kappa shape index (κ2) is 7.95. The summed E-state index contributed by atoms with van der Waals surface area (Å²) in [5.41, 5.74) is 3.45. The van der Waals surface area contributed by atoms with Gasteiger partial charge in [-0.15, -0.1) is 0 Å². The van der Waals surface area contributed by atoms with Crippen molar-refractivity contribution >= 4 is 28.2 Å². The molecule has 3 aromatic rings. The molecule has 0 fully saturated rings. The molecule has 0 aliphatic heterocycles. The van der Waals surface area contributed by atoms with Gasteiger partial charge in [0.25, 0.3) is 0 Å². The minimum atomic E-state index is 0.762. The SMILES string of the molecule is C1=C(CCNc2cc(Nc3cccc4cccnc34)ncn2)CCCC1. The summed E-state index contributed by atoms with van der Waals surface area (Å²) >= 11 is 0. The average Bonchev–Trinajstić information content (AvgIpc) is 2.70. The lowest BCUT2D eigenvalue weighted by Gasteiger charge is -2.13. The van der Waals surface area contributed by atoms with E-state index in [1.807, 2.05) is 24.3 Å². The number of allylic oxidation sites excluding steroid dienone is 1. The Bertz CT molecular complexity index is 914. The molecule has 26 heavy (non-hydrogen) atoms. The van der Waals surface area contributed by atoms with Gasteiger partial charge in [-0.2, -0.15) is 0 Å². The number of hydrogen-bond donors (Lipinski definition) is 2. The summed E-state index contributed by atoms with van der Waals surface area (Å²) < 4.78 is 0. The topological polar surface area (TPSA) is 62.7 Å². The molecule has 0 atom stereocenters. The van der Waals surface area contributed by atoms with Crippen molar-refractivity contribution < 1.29 is 0 Å². The first kappa shape index (κ1) is 16.5. The van der Waals surface area contributed by atoms with E-state index in [9.17, 15) is 0 Å². The fourth-order valence-electron chi connectivity index (χ4n) is 3.35. The van der Waals surface area contributed by atoms with Crippen LogP contribution in [0.3, 0.4) is 0 Å². The Morgan fingerprint density at radius 2 is 1.88 bits per heavy atom. The molecule has 132 valence electrons. The number of benzene rings is 1. The van der Waals surface area contributed by atoms with Crippen LogP contribution in [0.5, 0.6) is 0 Å². The minimum Gasteiger partial charge on any atom is -0.370 e. The number of hydrogen-bond acceptors (Lipinski definition) is 5. The van der Waals surface area contributed by atoms with Crippen molar-refractivity contribution in [3.63, 3.8) is 0 Å². The highest BCUT2D eigenvalue weighted by Crippen LogP contribution is 2.24. The molecular formula is C21H23N5. The molecule has 0 radical (unpaired) electrons. The zero-order chi connectivity index (χ0) is 17.6. The third kappa shape index (κ3) is 3.99. The molecule has 5 heteroatoms. The Morgan fingerprint density at radius 1 is 0.962 bits per heavy atom.